The van der Waals surface area contributed by atoms with Gasteiger partial charge in [-0.3, -0.25) is 0 Å². The van der Waals surface area contributed by atoms with Crippen LogP contribution in [-0.2, 0) is 0 Å². The van der Waals surface area contributed by atoms with Crippen molar-refractivity contribution in [2.75, 3.05) is 0 Å². The molecule has 2 bridgehead atoms. The molecule has 3 aliphatic rings. The zero-order chi connectivity index (χ0) is 16.7. The molecule has 0 N–H and O–H groups in total. The molecule has 142 valence electrons. The molecule has 0 amide bonds. The van der Waals surface area contributed by atoms with E-state index in [0.717, 1.165) is 11.8 Å². The molecule has 3 aliphatic carbocycles. The molecule has 0 aromatic carbocycles. The second-order valence-electron chi connectivity index (χ2n) is 9.12. The van der Waals surface area contributed by atoms with Crippen molar-refractivity contribution in [2.45, 2.75) is 141 Å². The Hall–Kier alpha value is 0. The van der Waals surface area contributed by atoms with E-state index in [1.807, 2.05) is 0 Å². The van der Waals surface area contributed by atoms with Crippen LogP contribution in [0.4, 0.5) is 0 Å². The maximum Gasteiger partial charge on any atom is -0.0414 e. The molecule has 3 saturated carbocycles. The Labute approximate surface area is 153 Å². The van der Waals surface area contributed by atoms with E-state index < -0.39 is 0 Å². The third kappa shape index (κ3) is 10.1. The van der Waals surface area contributed by atoms with E-state index in [1.54, 1.807) is 38.5 Å². The quantitative estimate of drug-likeness (QED) is 0.415. The maximum absolute atomic E-state index is 1.56. The minimum Gasteiger partial charge on any atom is -0.0533 e. The number of hydrogen-bond acceptors (Lipinski definition) is 0. The van der Waals surface area contributed by atoms with Gasteiger partial charge in [-0.1, -0.05) is 141 Å². The van der Waals surface area contributed by atoms with E-state index in [1.165, 1.54) is 103 Å². The largest absolute Gasteiger partial charge is 0.0533 e. The van der Waals surface area contributed by atoms with Crippen molar-refractivity contribution < 1.29 is 0 Å². The Kier molecular flexibility index (Phi) is 12.0. The third-order valence-corrected chi connectivity index (χ3v) is 6.94. The Morgan fingerprint density at radius 2 is 0.417 bits per heavy atom. The molecular formula is C24H46. The highest BCUT2D eigenvalue weighted by molar-refractivity contribution is 4.73. The molecule has 3 rings (SSSR count). The van der Waals surface area contributed by atoms with Gasteiger partial charge in [0.15, 0.2) is 0 Å². The molecule has 0 nitrogen and oxygen atoms in total. The summed E-state index contributed by atoms with van der Waals surface area (Å²) in [6.07, 6.45) is 33.5. The van der Waals surface area contributed by atoms with E-state index in [9.17, 15) is 0 Å². The van der Waals surface area contributed by atoms with E-state index in [-0.39, 0.29) is 0 Å². The Bertz CT molecular complexity index is 228. The molecule has 0 spiro atoms. The van der Waals surface area contributed by atoms with Crippen molar-refractivity contribution >= 4 is 0 Å². The van der Waals surface area contributed by atoms with Crippen LogP contribution in [0.3, 0.4) is 0 Å². The van der Waals surface area contributed by atoms with Crippen LogP contribution >= 0.6 is 0 Å². The molecule has 0 heterocycles. The first kappa shape index (κ1) is 20.3. The van der Waals surface area contributed by atoms with Gasteiger partial charge in [0.05, 0.1) is 0 Å². The zero-order valence-corrected chi connectivity index (χ0v) is 16.7. The normalized spacial score (nSPS) is 31.0. The van der Waals surface area contributed by atoms with Gasteiger partial charge >= 0.3 is 0 Å². The van der Waals surface area contributed by atoms with E-state index in [0.29, 0.717) is 0 Å². The molecule has 24 heavy (non-hydrogen) atoms. The Balaban J connectivity index is 1.59. The average Bonchev–Trinajstić information content (AvgIpc) is 2.61. The summed E-state index contributed by atoms with van der Waals surface area (Å²) in [5.74, 6) is 2.19. The number of hydrogen-bond donors (Lipinski definition) is 0. The first-order valence-corrected chi connectivity index (χ1v) is 11.9. The van der Waals surface area contributed by atoms with Crippen molar-refractivity contribution in [1.29, 1.82) is 0 Å². The van der Waals surface area contributed by atoms with Crippen molar-refractivity contribution in [3.8, 4) is 0 Å². The average molecular weight is 335 g/mol. The third-order valence-electron chi connectivity index (χ3n) is 6.94. The molecular weight excluding hydrogens is 288 g/mol. The lowest BCUT2D eigenvalue weighted by atomic mass is 9.78. The van der Waals surface area contributed by atoms with E-state index >= 15 is 0 Å². The fourth-order valence-electron chi connectivity index (χ4n) is 5.15. The molecule has 0 aromatic rings. The van der Waals surface area contributed by atoms with Gasteiger partial charge in [0, 0.05) is 0 Å². The number of rotatable bonds is 0. The van der Waals surface area contributed by atoms with Gasteiger partial charge in [-0.2, -0.15) is 0 Å². The summed E-state index contributed by atoms with van der Waals surface area (Å²) < 4.78 is 0. The predicted molar refractivity (Wildman–Crippen MR) is 109 cm³/mol. The smallest absolute Gasteiger partial charge is 0.0414 e. The lowest BCUT2D eigenvalue weighted by Crippen LogP contribution is -2.14. The van der Waals surface area contributed by atoms with Crippen LogP contribution in [0, 0.1) is 11.8 Å². The molecule has 0 aromatic heterocycles. The van der Waals surface area contributed by atoms with Crippen LogP contribution in [0.2, 0.25) is 0 Å². The van der Waals surface area contributed by atoms with Crippen LogP contribution in [0.5, 0.6) is 0 Å². The highest BCUT2D eigenvalue weighted by Crippen LogP contribution is 2.34. The van der Waals surface area contributed by atoms with Crippen molar-refractivity contribution in [3.05, 3.63) is 0 Å². The molecule has 0 aliphatic heterocycles. The minimum absolute atomic E-state index is 1.10. The number of fused-ring (bicyclic) bond motifs is 19. The fraction of sp³-hybridized carbons (Fsp3) is 1.00. The van der Waals surface area contributed by atoms with Gasteiger partial charge in [-0.15, -0.1) is 0 Å². The maximum atomic E-state index is 1.56. The van der Waals surface area contributed by atoms with Crippen LogP contribution in [0.25, 0.3) is 0 Å². The van der Waals surface area contributed by atoms with Gasteiger partial charge < -0.3 is 0 Å². The summed E-state index contributed by atoms with van der Waals surface area (Å²) in [5, 5.41) is 0. The highest BCUT2D eigenvalue weighted by Gasteiger charge is 2.20. The Morgan fingerprint density at radius 1 is 0.208 bits per heavy atom. The van der Waals surface area contributed by atoms with E-state index in [2.05, 4.69) is 0 Å². The molecule has 0 unspecified atom stereocenters. The van der Waals surface area contributed by atoms with Gasteiger partial charge in [0.25, 0.3) is 0 Å². The Morgan fingerprint density at radius 3 is 0.667 bits per heavy atom. The molecule has 0 atom stereocenters. The van der Waals surface area contributed by atoms with Crippen LogP contribution in [0.15, 0.2) is 0 Å². The molecule has 3 fully saturated rings. The minimum atomic E-state index is 1.10. The standard InChI is InChI=1S/C24H46/c1-2-4-6-8-10-12-14-16-18-24-21-19-23(20-22-24)17-15-13-11-9-7-5-3-1/h23-24H,1-22H2. The summed E-state index contributed by atoms with van der Waals surface area (Å²) in [4.78, 5) is 0. The first-order chi connectivity index (χ1) is 11.9. The van der Waals surface area contributed by atoms with Gasteiger partial charge in [-0.25, -0.2) is 0 Å². The summed E-state index contributed by atoms with van der Waals surface area (Å²) in [6, 6.07) is 0. The van der Waals surface area contributed by atoms with Crippen molar-refractivity contribution in [1.82, 2.24) is 0 Å². The van der Waals surface area contributed by atoms with Gasteiger partial charge in [0.1, 0.15) is 0 Å². The molecule has 0 heteroatoms. The van der Waals surface area contributed by atoms with Crippen molar-refractivity contribution in [2.24, 2.45) is 11.8 Å². The van der Waals surface area contributed by atoms with Gasteiger partial charge in [-0.05, 0) is 11.8 Å². The summed E-state index contributed by atoms with van der Waals surface area (Å²) in [5.41, 5.74) is 0. The molecule has 0 saturated heterocycles. The monoisotopic (exact) mass is 334 g/mol. The fourth-order valence-corrected chi connectivity index (χ4v) is 5.15. The predicted octanol–water partition coefficient (Wildman–Crippen LogP) is 8.83. The SMILES string of the molecule is C1CCCCCCCCCC2CCC(CCCCCCCC1)CC2. The summed E-state index contributed by atoms with van der Waals surface area (Å²) in [7, 11) is 0. The second kappa shape index (κ2) is 14.2. The summed E-state index contributed by atoms with van der Waals surface area (Å²) >= 11 is 0. The highest BCUT2D eigenvalue weighted by atomic mass is 14.3. The lowest BCUT2D eigenvalue weighted by molar-refractivity contribution is 0.244. The van der Waals surface area contributed by atoms with Crippen LogP contribution in [0.1, 0.15) is 141 Å². The first-order valence-electron chi connectivity index (χ1n) is 11.9. The molecule has 0 radical (unpaired) electrons. The summed E-state index contributed by atoms with van der Waals surface area (Å²) in [6.45, 7) is 0. The van der Waals surface area contributed by atoms with E-state index in [4.69, 9.17) is 0 Å². The zero-order valence-electron chi connectivity index (χ0n) is 16.7. The van der Waals surface area contributed by atoms with Crippen molar-refractivity contribution in [3.63, 3.8) is 0 Å². The lowest BCUT2D eigenvalue weighted by Gasteiger charge is -2.28. The second-order valence-corrected chi connectivity index (χ2v) is 9.12. The van der Waals surface area contributed by atoms with Crippen LogP contribution in [-0.4, -0.2) is 0 Å². The van der Waals surface area contributed by atoms with Gasteiger partial charge in [0.2, 0.25) is 0 Å². The van der Waals surface area contributed by atoms with Crippen LogP contribution < -0.4 is 0 Å². The topological polar surface area (TPSA) is 0 Å².